The van der Waals surface area contributed by atoms with Gasteiger partial charge in [-0.2, -0.15) is 4.98 Å². The highest BCUT2D eigenvalue weighted by Gasteiger charge is 2.23. The smallest absolute Gasteiger partial charge is 0.225 e. The summed E-state index contributed by atoms with van der Waals surface area (Å²) in [6, 6.07) is 9.33. The summed E-state index contributed by atoms with van der Waals surface area (Å²) in [7, 11) is 4.19. The Hall–Kier alpha value is -2.14. The molecule has 0 saturated heterocycles. The molecule has 1 fully saturated rings. The average molecular weight is 408 g/mol. The Labute approximate surface area is 181 Å². The van der Waals surface area contributed by atoms with Crippen LogP contribution in [0.2, 0.25) is 0 Å². The van der Waals surface area contributed by atoms with Gasteiger partial charge >= 0.3 is 0 Å². The van der Waals surface area contributed by atoms with Gasteiger partial charge in [-0.1, -0.05) is 29.8 Å². The van der Waals surface area contributed by atoms with Crippen molar-refractivity contribution in [2.75, 3.05) is 30.9 Å². The molecule has 0 amide bonds. The molecule has 5 heteroatoms. The maximum absolute atomic E-state index is 4.90. The average Bonchev–Trinajstić information content (AvgIpc) is 2.76. The molecule has 0 unspecified atom stereocenters. The number of rotatable bonds is 7. The first-order valence-electron chi connectivity index (χ1n) is 11.7. The lowest BCUT2D eigenvalue weighted by Gasteiger charge is -2.30. The third kappa shape index (κ3) is 5.31. The van der Waals surface area contributed by atoms with Crippen molar-refractivity contribution in [3.8, 4) is 0 Å². The summed E-state index contributed by atoms with van der Waals surface area (Å²) in [5, 5.41) is 7.32. The number of aromatic nitrogens is 2. The maximum atomic E-state index is 4.90. The topological polar surface area (TPSA) is 53.1 Å². The third-order valence-corrected chi connectivity index (χ3v) is 6.65. The molecule has 4 rings (SSSR count). The van der Waals surface area contributed by atoms with Gasteiger partial charge < -0.3 is 15.5 Å². The highest BCUT2D eigenvalue weighted by atomic mass is 15.2. The van der Waals surface area contributed by atoms with E-state index in [4.69, 9.17) is 9.97 Å². The van der Waals surface area contributed by atoms with Crippen molar-refractivity contribution >= 4 is 11.8 Å². The van der Waals surface area contributed by atoms with E-state index in [1.54, 1.807) is 0 Å². The van der Waals surface area contributed by atoms with E-state index in [2.05, 4.69) is 60.8 Å². The van der Waals surface area contributed by atoms with Crippen LogP contribution in [-0.2, 0) is 19.4 Å². The minimum atomic E-state index is 0.495. The molecule has 162 valence electrons. The Bertz CT molecular complexity index is 822. The van der Waals surface area contributed by atoms with Crippen molar-refractivity contribution in [2.45, 2.75) is 70.9 Å². The molecule has 2 N–H and O–H groups in total. The third-order valence-electron chi connectivity index (χ3n) is 6.65. The molecule has 1 aromatic carbocycles. The molecule has 1 heterocycles. The number of aryl methyl sites for hydroxylation is 2. The first kappa shape index (κ1) is 21.1. The quantitative estimate of drug-likeness (QED) is 0.708. The highest BCUT2D eigenvalue weighted by Crippen LogP contribution is 2.30. The van der Waals surface area contributed by atoms with Crippen LogP contribution < -0.4 is 15.5 Å². The molecule has 2 aromatic rings. The molecular formula is C25H37N5. The number of hydrogen-bond acceptors (Lipinski definition) is 5. The van der Waals surface area contributed by atoms with Gasteiger partial charge in [-0.3, -0.25) is 0 Å². The van der Waals surface area contributed by atoms with Crippen molar-refractivity contribution < 1.29 is 0 Å². The van der Waals surface area contributed by atoms with Gasteiger partial charge in [0.25, 0.3) is 0 Å². The lowest BCUT2D eigenvalue weighted by Crippen LogP contribution is -2.32. The van der Waals surface area contributed by atoms with E-state index >= 15 is 0 Å². The largest absolute Gasteiger partial charge is 0.362 e. The Morgan fingerprint density at radius 3 is 2.43 bits per heavy atom. The lowest BCUT2D eigenvalue weighted by atomic mass is 9.86. The monoisotopic (exact) mass is 407 g/mol. The van der Waals surface area contributed by atoms with Crippen LogP contribution in [0.4, 0.5) is 11.8 Å². The zero-order chi connectivity index (χ0) is 20.9. The summed E-state index contributed by atoms with van der Waals surface area (Å²) in [4.78, 5) is 11.9. The maximum Gasteiger partial charge on any atom is 0.225 e. The van der Waals surface area contributed by atoms with E-state index < -0.39 is 0 Å². The molecule has 1 saturated carbocycles. The first-order chi connectivity index (χ1) is 14.6. The summed E-state index contributed by atoms with van der Waals surface area (Å²) < 4.78 is 0. The molecule has 0 aliphatic heterocycles. The van der Waals surface area contributed by atoms with E-state index in [9.17, 15) is 0 Å². The molecule has 1 aromatic heterocycles. The van der Waals surface area contributed by atoms with Gasteiger partial charge in [0.1, 0.15) is 5.82 Å². The molecular weight excluding hydrogens is 370 g/mol. The predicted octanol–water partition coefficient (Wildman–Crippen LogP) is 4.49. The summed E-state index contributed by atoms with van der Waals surface area (Å²) in [6.45, 7) is 4.22. The van der Waals surface area contributed by atoms with Crippen LogP contribution in [0.1, 0.15) is 60.9 Å². The summed E-state index contributed by atoms with van der Waals surface area (Å²) in [5.74, 6) is 2.71. The van der Waals surface area contributed by atoms with E-state index in [-0.39, 0.29) is 0 Å². The van der Waals surface area contributed by atoms with Crippen molar-refractivity contribution in [1.82, 2.24) is 15.3 Å². The molecule has 30 heavy (non-hydrogen) atoms. The Morgan fingerprint density at radius 2 is 1.70 bits per heavy atom. The zero-order valence-electron chi connectivity index (χ0n) is 18.9. The van der Waals surface area contributed by atoms with Gasteiger partial charge in [-0.15, -0.1) is 0 Å². The fraction of sp³-hybridized carbons (Fsp3) is 0.600. The van der Waals surface area contributed by atoms with Crippen LogP contribution in [0.15, 0.2) is 24.3 Å². The Balaban J connectivity index is 1.26. The van der Waals surface area contributed by atoms with Gasteiger partial charge in [0.15, 0.2) is 0 Å². The van der Waals surface area contributed by atoms with Gasteiger partial charge in [0.2, 0.25) is 5.95 Å². The standard InChI is InChI=1S/C25H37N5/c1-18-8-10-19(11-9-18)16-26-17-20-12-14-21(15-13-20)27-25-28-23-7-5-4-6-22(23)24(29-25)30(2)3/h8-11,20-21,26H,4-7,12-17H2,1-3H3,(H,27,28,29). The lowest BCUT2D eigenvalue weighted by molar-refractivity contribution is 0.323. The first-order valence-corrected chi connectivity index (χ1v) is 11.7. The molecule has 5 nitrogen and oxygen atoms in total. The predicted molar refractivity (Wildman–Crippen MR) is 125 cm³/mol. The molecule has 2 aliphatic rings. The molecule has 0 bridgehead atoms. The van der Waals surface area contributed by atoms with Crippen molar-refractivity contribution in [3.05, 3.63) is 46.6 Å². The van der Waals surface area contributed by atoms with E-state index in [0.717, 1.165) is 43.6 Å². The molecule has 0 atom stereocenters. The number of benzene rings is 1. The second-order valence-corrected chi connectivity index (χ2v) is 9.38. The summed E-state index contributed by atoms with van der Waals surface area (Å²) >= 11 is 0. The van der Waals surface area contributed by atoms with Crippen LogP contribution in [0.3, 0.4) is 0 Å². The molecule has 2 aliphatic carbocycles. The van der Waals surface area contributed by atoms with Crippen molar-refractivity contribution in [2.24, 2.45) is 5.92 Å². The van der Waals surface area contributed by atoms with Crippen LogP contribution in [0, 0.1) is 12.8 Å². The fourth-order valence-electron chi connectivity index (χ4n) is 4.83. The zero-order valence-corrected chi connectivity index (χ0v) is 18.9. The van der Waals surface area contributed by atoms with Gasteiger partial charge in [-0.05, 0) is 76.3 Å². The number of fused-ring (bicyclic) bond motifs is 1. The molecule has 0 spiro atoms. The second-order valence-electron chi connectivity index (χ2n) is 9.38. The number of anilines is 2. The van der Waals surface area contributed by atoms with Crippen molar-refractivity contribution in [3.63, 3.8) is 0 Å². The fourth-order valence-corrected chi connectivity index (χ4v) is 4.83. The van der Waals surface area contributed by atoms with Gasteiger partial charge in [0, 0.05) is 32.2 Å². The molecule has 0 radical (unpaired) electrons. The Kier molecular flexibility index (Phi) is 6.88. The van der Waals surface area contributed by atoms with E-state index in [1.807, 2.05) is 0 Å². The van der Waals surface area contributed by atoms with Gasteiger partial charge in [-0.25, -0.2) is 4.98 Å². The minimum absolute atomic E-state index is 0.495. The number of hydrogen-bond donors (Lipinski definition) is 2. The summed E-state index contributed by atoms with van der Waals surface area (Å²) in [5.41, 5.74) is 5.32. The number of nitrogens with one attached hydrogen (secondary N) is 2. The van der Waals surface area contributed by atoms with E-state index in [1.165, 1.54) is 60.9 Å². The van der Waals surface area contributed by atoms with Crippen molar-refractivity contribution in [1.29, 1.82) is 0 Å². The van der Waals surface area contributed by atoms with Crippen LogP contribution in [-0.4, -0.2) is 36.6 Å². The second kappa shape index (κ2) is 9.78. The normalized spacial score (nSPS) is 21.2. The van der Waals surface area contributed by atoms with Gasteiger partial charge in [0.05, 0.1) is 5.69 Å². The summed E-state index contributed by atoms with van der Waals surface area (Å²) in [6.07, 6.45) is 9.65. The SMILES string of the molecule is Cc1ccc(CNCC2CCC(Nc3nc4c(c(N(C)C)n3)CCCC4)CC2)cc1. The van der Waals surface area contributed by atoms with E-state index in [0.29, 0.717) is 6.04 Å². The Morgan fingerprint density at radius 1 is 0.967 bits per heavy atom. The highest BCUT2D eigenvalue weighted by molar-refractivity contribution is 5.52. The van der Waals surface area contributed by atoms with Crippen LogP contribution >= 0.6 is 0 Å². The van der Waals surface area contributed by atoms with Crippen LogP contribution in [0.25, 0.3) is 0 Å². The van der Waals surface area contributed by atoms with Crippen LogP contribution in [0.5, 0.6) is 0 Å². The number of nitrogens with zero attached hydrogens (tertiary/aromatic N) is 3. The minimum Gasteiger partial charge on any atom is -0.362 e.